The van der Waals surface area contributed by atoms with Crippen LogP contribution in [0.2, 0.25) is 5.02 Å². The number of allylic oxidation sites excluding steroid dienone is 1. The van der Waals surface area contributed by atoms with Gasteiger partial charge in [0.05, 0.1) is 14.2 Å². The van der Waals surface area contributed by atoms with Gasteiger partial charge in [-0.05, 0) is 18.6 Å². The molecule has 0 bridgehead atoms. The maximum Gasteiger partial charge on any atom is 0.573 e. The molecule has 1 aliphatic carbocycles. The number of alkyl halides is 3. The highest BCUT2D eigenvalue weighted by atomic mass is 35.5. The zero-order valence-corrected chi connectivity index (χ0v) is 19.0. The molecule has 7 nitrogen and oxygen atoms in total. The number of nitrogens with one attached hydrogen (secondary N) is 1. The highest BCUT2D eigenvalue weighted by molar-refractivity contribution is 6.36. The number of ketones is 2. The Bertz CT molecular complexity index is 1210. The van der Waals surface area contributed by atoms with Crippen LogP contribution < -0.4 is 24.3 Å². The molecule has 0 saturated carbocycles. The van der Waals surface area contributed by atoms with Crippen molar-refractivity contribution < 1.29 is 41.7 Å². The van der Waals surface area contributed by atoms with Crippen LogP contribution in [0.25, 0.3) is 0 Å². The topological polar surface area (TPSA) is 83.1 Å². The molecule has 2 atom stereocenters. The monoisotopic (exact) mass is 497 g/mol. The third-order valence-electron chi connectivity index (χ3n) is 5.68. The lowest BCUT2D eigenvalue weighted by atomic mass is 9.74. The molecule has 1 aliphatic heterocycles. The van der Waals surface area contributed by atoms with Gasteiger partial charge in [0, 0.05) is 35.5 Å². The minimum atomic E-state index is -4.83. The van der Waals surface area contributed by atoms with E-state index < -0.39 is 35.2 Å². The molecule has 2 aliphatic rings. The maximum atomic E-state index is 13.5. The van der Waals surface area contributed by atoms with Crippen molar-refractivity contribution in [1.29, 1.82) is 0 Å². The van der Waals surface area contributed by atoms with Crippen molar-refractivity contribution in [1.82, 2.24) is 0 Å². The van der Waals surface area contributed by atoms with Gasteiger partial charge < -0.3 is 24.3 Å². The van der Waals surface area contributed by atoms with E-state index in [2.05, 4.69) is 10.1 Å². The number of rotatable bonds is 5. The van der Waals surface area contributed by atoms with Gasteiger partial charge in [0.25, 0.3) is 0 Å². The maximum absolute atomic E-state index is 13.5. The number of fused-ring (bicyclic) bond motifs is 1. The van der Waals surface area contributed by atoms with E-state index in [-0.39, 0.29) is 39.9 Å². The Kier molecular flexibility index (Phi) is 5.89. The van der Waals surface area contributed by atoms with Crippen LogP contribution >= 0.6 is 11.6 Å². The number of anilines is 1. The smallest absolute Gasteiger partial charge is 0.496 e. The minimum absolute atomic E-state index is 0.00452. The molecular weight excluding hydrogens is 479 g/mol. The molecule has 4 rings (SSSR count). The van der Waals surface area contributed by atoms with Crippen LogP contribution in [0, 0.1) is 5.92 Å². The molecule has 0 fully saturated rings. The largest absolute Gasteiger partial charge is 0.573 e. The summed E-state index contributed by atoms with van der Waals surface area (Å²) in [5, 5.41) is 2.96. The second kappa shape index (κ2) is 8.43. The van der Waals surface area contributed by atoms with E-state index in [4.69, 9.17) is 25.8 Å². The Hall–Kier alpha value is -3.40. The van der Waals surface area contributed by atoms with Crippen molar-refractivity contribution in [2.45, 2.75) is 25.3 Å². The average molecular weight is 498 g/mol. The van der Waals surface area contributed by atoms with Gasteiger partial charge in [-0.3, -0.25) is 9.59 Å². The van der Waals surface area contributed by atoms with Crippen LogP contribution in [-0.4, -0.2) is 37.7 Å². The summed E-state index contributed by atoms with van der Waals surface area (Å²) in [5.74, 6) is -1.89. The first-order chi connectivity index (χ1) is 16.0. The SMILES string of the molecule is COc1cc(OC)c2c(c1Cl)OC1(C(=O)C=C(Nc3cccc(OC(F)(F)F)c3)CC1C)C2=O. The van der Waals surface area contributed by atoms with Crippen molar-refractivity contribution in [2.75, 3.05) is 19.5 Å². The summed E-state index contributed by atoms with van der Waals surface area (Å²) in [7, 11) is 2.76. The molecule has 1 spiro atoms. The number of halogens is 4. The third kappa shape index (κ3) is 3.91. The lowest BCUT2D eigenvalue weighted by Gasteiger charge is -2.35. The zero-order chi connectivity index (χ0) is 24.8. The number of methoxy groups -OCH3 is 2. The average Bonchev–Trinajstić information content (AvgIpc) is 3.07. The first-order valence-electron chi connectivity index (χ1n) is 10.1. The van der Waals surface area contributed by atoms with Gasteiger partial charge in [0.2, 0.25) is 17.2 Å². The van der Waals surface area contributed by atoms with E-state index in [0.717, 1.165) is 12.1 Å². The van der Waals surface area contributed by atoms with Crippen LogP contribution in [-0.2, 0) is 4.79 Å². The van der Waals surface area contributed by atoms with E-state index in [1.807, 2.05) is 0 Å². The molecule has 34 heavy (non-hydrogen) atoms. The molecule has 0 saturated heterocycles. The van der Waals surface area contributed by atoms with Gasteiger partial charge in [-0.25, -0.2) is 0 Å². The Labute approximate surface area is 197 Å². The molecule has 11 heteroatoms. The predicted molar refractivity (Wildman–Crippen MR) is 116 cm³/mol. The number of ether oxygens (including phenoxy) is 4. The number of hydrogen-bond donors (Lipinski definition) is 1. The third-order valence-corrected chi connectivity index (χ3v) is 6.04. The van der Waals surface area contributed by atoms with Crippen molar-refractivity contribution in [3.8, 4) is 23.0 Å². The second-order valence-corrected chi connectivity index (χ2v) is 8.18. The van der Waals surface area contributed by atoms with Gasteiger partial charge in [0.15, 0.2) is 5.75 Å². The minimum Gasteiger partial charge on any atom is -0.496 e. The molecule has 0 amide bonds. The van der Waals surface area contributed by atoms with E-state index in [9.17, 15) is 22.8 Å². The summed E-state index contributed by atoms with van der Waals surface area (Å²) in [4.78, 5) is 26.7. The first-order valence-corrected chi connectivity index (χ1v) is 10.4. The van der Waals surface area contributed by atoms with Crippen LogP contribution in [0.15, 0.2) is 42.1 Å². The summed E-state index contributed by atoms with van der Waals surface area (Å²) < 4.78 is 57.9. The lowest BCUT2D eigenvalue weighted by Crippen LogP contribution is -2.55. The molecular formula is C23H19ClF3NO6. The fourth-order valence-corrected chi connectivity index (χ4v) is 4.44. The molecule has 0 aromatic heterocycles. The molecule has 2 unspecified atom stereocenters. The Morgan fingerprint density at radius 3 is 2.47 bits per heavy atom. The van der Waals surface area contributed by atoms with Crippen molar-refractivity contribution >= 4 is 28.9 Å². The number of hydrogen-bond acceptors (Lipinski definition) is 7. The normalized spacial score (nSPS) is 21.6. The van der Waals surface area contributed by atoms with Gasteiger partial charge in [-0.2, -0.15) is 0 Å². The summed E-state index contributed by atoms with van der Waals surface area (Å²) in [5.41, 5.74) is -1.12. The summed E-state index contributed by atoms with van der Waals surface area (Å²) in [6.07, 6.45) is -3.44. The van der Waals surface area contributed by atoms with E-state index in [1.165, 1.54) is 38.5 Å². The Morgan fingerprint density at radius 1 is 1.15 bits per heavy atom. The highest BCUT2D eigenvalue weighted by Crippen LogP contribution is 2.53. The Balaban J connectivity index is 1.65. The fraction of sp³-hybridized carbons (Fsp3) is 0.304. The quantitative estimate of drug-likeness (QED) is 0.570. The molecule has 1 N–H and O–H groups in total. The van der Waals surface area contributed by atoms with Crippen LogP contribution in [0.5, 0.6) is 23.0 Å². The van der Waals surface area contributed by atoms with Gasteiger partial charge in [0.1, 0.15) is 27.8 Å². The molecule has 1 heterocycles. The van der Waals surface area contributed by atoms with Crippen molar-refractivity contribution in [3.05, 3.63) is 52.7 Å². The number of benzene rings is 2. The van der Waals surface area contributed by atoms with Crippen molar-refractivity contribution in [3.63, 3.8) is 0 Å². The summed E-state index contributed by atoms with van der Waals surface area (Å²) in [6.45, 7) is 1.66. The lowest BCUT2D eigenvalue weighted by molar-refractivity contribution is -0.274. The van der Waals surface area contributed by atoms with Crippen LogP contribution in [0.1, 0.15) is 23.7 Å². The standard InChI is InChI=1S/C23H19ClF3NO6/c1-11-7-13(28-12-5-4-6-14(8-12)33-23(25,26)27)9-17(29)22(11)21(30)18-15(31-2)10-16(32-3)19(24)20(18)34-22/h4-6,8-11,28H,7H2,1-3H3. The van der Waals surface area contributed by atoms with Crippen molar-refractivity contribution in [2.24, 2.45) is 5.92 Å². The van der Waals surface area contributed by atoms with Crippen LogP contribution in [0.4, 0.5) is 18.9 Å². The van der Waals surface area contributed by atoms with Gasteiger partial charge in [-0.1, -0.05) is 24.6 Å². The van der Waals surface area contributed by atoms with Crippen LogP contribution in [0.3, 0.4) is 0 Å². The number of carbonyl (C=O) groups excluding carboxylic acids is 2. The molecule has 180 valence electrons. The second-order valence-electron chi connectivity index (χ2n) is 7.81. The molecule has 2 aromatic carbocycles. The molecule has 0 radical (unpaired) electrons. The van der Waals surface area contributed by atoms with Gasteiger partial charge in [-0.15, -0.1) is 13.2 Å². The van der Waals surface area contributed by atoms with E-state index in [1.54, 1.807) is 6.92 Å². The predicted octanol–water partition coefficient (Wildman–Crippen LogP) is 5.17. The van der Waals surface area contributed by atoms with E-state index >= 15 is 0 Å². The summed E-state index contributed by atoms with van der Waals surface area (Å²) >= 11 is 6.35. The highest BCUT2D eigenvalue weighted by Gasteiger charge is 2.60. The van der Waals surface area contributed by atoms with Gasteiger partial charge >= 0.3 is 6.36 Å². The first kappa shape index (κ1) is 23.7. The number of Topliss-reactive ketones (excluding diaryl/α,β-unsaturated/α-hetero) is 1. The summed E-state index contributed by atoms with van der Waals surface area (Å²) in [6, 6.07) is 6.65. The number of carbonyl (C=O) groups is 2. The zero-order valence-electron chi connectivity index (χ0n) is 18.2. The van der Waals surface area contributed by atoms with E-state index in [0.29, 0.717) is 5.70 Å². The molecule has 2 aromatic rings. The Morgan fingerprint density at radius 2 is 1.85 bits per heavy atom. The fourth-order valence-electron chi connectivity index (χ4n) is 4.17.